The molecular weight excluding hydrogens is 534 g/mol. The Bertz CT molecular complexity index is 1450. The first kappa shape index (κ1) is 22.7. The maximum Gasteiger partial charge on any atom is 0.298 e. The second-order valence-electron chi connectivity index (χ2n) is 7.61. The molecule has 1 aliphatic heterocycles. The van der Waals surface area contributed by atoms with Gasteiger partial charge in [-0.15, -0.1) is 0 Å². The summed E-state index contributed by atoms with van der Waals surface area (Å²) < 4.78 is 6.83. The number of carbonyl (C=O) groups is 2. The molecule has 5 rings (SSSR count). The Balaban J connectivity index is 1.33. The van der Waals surface area contributed by atoms with Crippen LogP contribution < -0.4 is 9.64 Å². The fourth-order valence-corrected chi connectivity index (χ4v) is 5.21. The van der Waals surface area contributed by atoms with Crippen molar-refractivity contribution >= 4 is 73.0 Å². The molecule has 4 nitrogen and oxygen atoms in total. The SMILES string of the molecule is O=C1S/C(=C\c2ccc(OCc3cccc4ccccc34)c(Br)c2)C(=O)N1c1ccc(Cl)cc1. The fourth-order valence-electron chi connectivity index (χ4n) is 3.73. The summed E-state index contributed by atoms with van der Waals surface area (Å²) in [5.74, 6) is 0.337. The lowest BCUT2D eigenvalue weighted by Gasteiger charge is -2.12. The average molecular weight is 551 g/mol. The molecule has 4 aromatic rings. The summed E-state index contributed by atoms with van der Waals surface area (Å²) in [6.07, 6.45) is 1.71. The zero-order valence-electron chi connectivity index (χ0n) is 17.7. The van der Waals surface area contributed by atoms with Crippen LogP contribution in [0.15, 0.2) is 94.3 Å². The van der Waals surface area contributed by atoms with E-state index in [0.29, 0.717) is 28.0 Å². The van der Waals surface area contributed by atoms with Gasteiger partial charge in [-0.2, -0.15) is 0 Å². The van der Waals surface area contributed by atoms with Crippen LogP contribution in [0, 0.1) is 0 Å². The molecule has 34 heavy (non-hydrogen) atoms. The Morgan fingerprint density at radius 2 is 1.71 bits per heavy atom. The van der Waals surface area contributed by atoms with Gasteiger partial charge in [0.2, 0.25) is 0 Å². The van der Waals surface area contributed by atoms with Crippen molar-refractivity contribution in [2.75, 3.05) is 4.90 Å². The van der Waals surface area contributed by atoms with Crippen LogP contribution in [0.25, 0.3) is 16.8 Å². The minimum atomic E-state index is -0.357. The minimum absolute atomic E-state index is 0.340. The van der Waals surface area contributed by atoms with Crippen LogP contribution in [0.3, 0.4) is 0 Å². The van der Waals surface area contributed by atoms with Gasteiger partial charge in [0.05, 0.1) is 15.1 Å². The van der Waals surface area contributed by atoms with Gasteiger partial charge in [-0.25, -0.2) is 4.90 Å². The molecule has 0 atom stereocenters. The van der Waals surface area contributed by atoms with Crippen LogP contribution in [-0.2, 0) is 11.4 Å². The number of imide groups is 1. The predicted molar refractivity (Wildman–Crippen MR) is 142 cm³/mol. The quantitative estimate of drug-likeness (QED) is 0.236. The number of thioether (sulfide) groups is 1. The Morgan fingerprint density at radius 3 is 2.50 bits per heavy atom. The Kier molecular flexibility index (Phi) is 6.46. The smallest absolute Gasteiger partial charge is 0.298 e. The second-order valence-corrected chi connectivity index (χ2v) is 9.89. The van der Waals surface area contributed by atoms with Gasteiger partial charge < -0.3 is 4.74 Å². The van der Waals surface area contributed by atoms with Crippen molar-refractivity contribution in [2.24, 2.45) is 0 Å². The van der Waals surface area contributed by atoms with E-state index in [2.05, 4.69) is 40.2 Å². The van der Waals surface area contributed by atoms with Crippen LogP contribution in [0.5, 0.6) is 5.75 Å². The average Bonchev–Trinajstić information content (AvgIpc) is 3.11. The van der Waals surface area contributed by atoms with E-state index in [1.165, 1.54) is 5.39 Å². The molecule has 1 fully saturated rings. The predicted octanol–water partition coefficient (Wildman–Crippen LogP) is 8.08. The Labute approximate surface area is 214 Å². The van der Waals surface area contributed by atoms with Crippen molar-refractivity contribution in [3.05, 3.63) is 110 Å². The first-order valence-electron chi connectivity index (χ1n) is 10.4. The lowest BCUT2D eigenvalue weighted by atomic mass is 10.1. The van der Waals surface area contributed by atoms with Crippen molar-refractivity contribution < 1.29 is 14.3 Å². The van der Waals surface area contributed by atoms with Crippen LogP contribution in [0.4, 0.5) is 10.5 Å². The number of nitrogens with zero attached hydrogens (tertiary/aromatic N) is 1. The molecule has 0 aromatic heterocycles. The van der Waals surface area contributed by atoms with E-state index in [0.717, 1.165) is 37.6 Å². The molecule has 1 saturated heterocycles. The number of amides is 2. The topological polar surface area (TPSA) is 46.6 Å². The molecule has 0 N–H and O–H groups in total. The summed E-state index contributed by atoms with van der Waals surface area (Å²) >= 11 is 10.4. The lowest BCUT2D eigenvalue weighted by Crippen LogP contribution is -2.27. The number of rotatable bonds is 5. The number of hydrogen-bond acceptors (Lipinski definition) is 4. The summed E-state index contributed by atoms with van der Waals surface area (Å²) in [6, 6.07) is 26.6. The first-order valence-corrected chi connectivity index (χ1v) is 12.4. The highest BCUT2D eigenvalue weighted by molar-refractivity contribution is 9.10. The normalized spacial score (nSPS) is 14.9. The lowest BCUT2D eigenvalue weighted by molar-refractivity contribution is -0.113. The molecule has 4 aromatic carbocycles. The maximum atomic E-state index is 12.9. The molecule has 0 spiro atoms. The van der Waals surface area contributed by atoms with Crippen molar-refractivity contribution in [2.45, 2.75) is 6.61 Å². The highest BCUT2D eigenvalue weighted by Crippen LogP contribution is 2.37. The molecule has 1 heterocycles. The number of anilines is 1. The third-order valence-corrected chi connectivity index (χ3v) is 7.14. The number of hydrogen-bond donors (Lipinski definition) is 0. The number of carbonyl (C=O) groups excluding carboxylic acids is 2. The van der Waals surface area contributed by atoms with E-state index in [1.807, 2.05) is 36.4 Å². The molecule has 7 heteroatoms. The number of halogens is 2. The monoisotopic (exact) mass is 549 g/mol. The van der Waals surface area contributed by atoms with Gasteiger partial charge in [-0.05, 0) is 92.1 Å². The summed E-state index contributed by atoms with van der Waals surface area (Å²) in [6.45, 7) is 0.430. The third-order valence-electron chi connectivity index (χ3n) is 5.40. The highest BCUT2D eigenvalue weighted by atomic mass is 79.9. The van der Waals surface area contributed by atoms with Crippen molar-refractivity contribution in [1.29, 1.82) is 0 Å². The molecule has 1 aliphatic rings. The number of ether oxygens (including phenoxy) is 1. The van der Waals surface area contributed by atoms with Crippen molar-refractivity contribution in [1.82, 2.24) is 0 Å². The van der Waals surface area contributed by atoms with Crippen LogP contribution in [-0.4, -0.2) is 11.1 Å². The molecule has 0 bridgehead atoms. The highest BCUT2D eigenvalue weighted by Gasteiger charge is 2.36. The maximum absolute atomic E-state index is 12.9. The molecule has 0 radical (unpaired) electrons. The van der Waals surface area contributed by atoms with Crippen LogP contribution >= 0.6 is 39.3 Å². The zero-order valence-corrected chi connectivity index (χ0v) is 20.9. The molecule has 0 unspecified atom stereocenters. The molecule has 168 valence electrons. The first-order chi connectivity index (χ1) is 16.5. The molecule has 2 amide bonds. The number of fused-ring (bicyclic) bond motifs is 1. The van der Waals surface area contributed by atoms with Gasteiger partial charge in [-0.3, -0.25) is 9.59 Å². The summed E-state index contributed by atoms with van der Waals surface area (Å²) in [4.78, 5) is 26.9. The van der Waals surface area contributed by atoms with E-state index < -0.39 is 0 Å². The zero-order chi connectivity index (χ0) is 23.7. The van der Waals surface area contributed by atoms with Crippen LogP contribution in [0.1, 0.15) is 11.1 Å². The fraction of sp³-hybridized carbons (Fsp3) is 0.0370. The number of benzene rings is 4. The van der Waals surface area contributed by atoms with E-state index in [9.17, 15) is 9.59 Å². The standard InChI is InChI=1S/C27H17BrClNO3S/c28-23-14-17(15-25-26(31)30(27(32)34-25)21-11-9-20(29)10-12-21)8-13-24(23)33-16-19-6-3-5-18-4-1-2-7-22(18)19/h1-15H,16H2/b25-15-. The van der Waals surface area contributed by atoms with Gasteiger partial charge in [0.1, 0.15) is 12.4 Å². The molecule has 0 saturated carbocycles. The Morgan fingerprint density at radius 1 is 0.941 bits per heavy atom. The minimum Gasteiger partial charge on any atom is -0.488 e. The second kappa shape index (κ2) is 9.66. The van der Waals surface area contributed by atoms with E-state index in [1.54, 1.807) is 30.3 Å². The van der Waals surface area contributed by atoms with Crippen molar-refractivity contribution in [3.8, 4) is 5.75 Å². The van der Waals surface area contributed by atoms with Gasteiger partial charge in [0, 0.05) is 5.02 Å². The molecule has 0 aliphatic carbocycles. The molecular formula is C27H17BrClNO3S. The van der Waals surface area contributed by atoms with E-state index in [4.69, 9.17) is 16.3 Å². The van der Waals surface area contributed by atoms with Crippen molar-refractivity contribution in [3.63, 3.8) is 0 Å². The van der Waals surface area contributed by atoms with Gasteiger partial charge in [0.15, 0.2) is 0 Å². The summed E-state index contributed by atoms with van der Waals surface area (Å²) in [5, 5.41) is 2.53. The van der Waals surface area contributed by atoms with Gasteiger partial charge in [-0.1, -0.05) is 60.1 Å². The largest absolute Gasteiger partial charge is 0.488 e. The van der Waals surface area contributed by atoms with Gasteiger partial charge >= 0.3 is 0 Å². The Hall–Kier alpha value is -3.06. The third kappa shape index (κ3) is 4.62. The van der Waals surface area contributed by atoms with Gasteiger partial charge in [0.25, 0.3) is 11.1 Å². The van der Waals surface area contributed by atoms with Crippen LogP contribution in [0.2, 0.25) is 5.02 Å². The summed E-state index contributed by atoms with van der Waals surface area (Å²) in [7, 11) is 0. The van der Waals surface area contributed by atoms with E-state index >= 15 is 0 Å². The van der Waals surface area contributed by atoms with E-state index in [-0.39, 0.29) is 11.1 Å². The summed E-state index contributed by atoms with van der Waals surface area (Å²) in [5.41, 5.74) is 2.38.